The zero-order valence-corrected chi connectivity index (χ0v) is 19.3. The van der Waals surface area contributed by atoms with Gasteiger partial charge in [0, 0.05) is 18.1 Å². The molecule has 2 atom stereocenters. The van der Waals surface area contributed by atoms with Crippen LogP contribution in [0.5, 0.6) is 11.5 Å². The number of amides is 1. The molecule has 0 bridgehead atoms. The van der Waals surface area contributed by atoms with Crippen LogP contribution in [-0.4, -0.2) is 39.3 Å². The molecule has 1 heterocycles. The Bertz CT molecular complexity index is 1140. The van der Waals surface area contributed by atoms with Crippen molar-refractivity contribution in [2.24, 2.45) is 0 Å². The Hall–Kier alpha value is -2.88. The average molecular weight is 469 g/mol. The van der Waals surface area contributed by atoms with Gasteiger partial charge in [-0.25, -0.2) is 17.2 Å². The zero-order chi connectivity index (χ0) is 23.8. The maximum atomic E-state index is 13.8. The molecule has 7 nitrogen and oxygen atoms in total. The third-order valence-corrected chi connectivity index (χ3v) is 6.48. The van der Waals surface area contributed by atoms with Gasteiger partial charge in [0.05, 0.1) is 25.1 Å². The summed E-state index contributed by atoms with van der Waals surface area (Å²) in [6.07, 6.45) is 1.32. The van der Waals surface area contributed by atoms with Crippen LogP contribution >= 0.6 is 0 Å². The summed E-state index contributed by atoms with van der Waals surface area (Å²) < 4.78 is 64.0. The molecule has 0 fully saturated rings. The minimum atomic E-state index is -3.99. The molecular weight excluding hydrogens is 442 g/mol. The van der Waals surface area contributed by atoms with Crippen LogP contribution in [0.25, 0.3) is 0 Å². The van der Waals surface area contributed by atoms with Gasteiger partial charge in [0.2, 0.25) is 15.9 Å². The Labute approximate surface area is 186 Å². The zero-order valence-electron chi connectivity index (χ0n) is 18.5. The molecule has 1 aliphatic rings. The lowest BCUT2D eigenvalue weighted by Crippen LogP contribution is -2.50. The molecule has 0 spiro atoms. The first kappa shape index (κ1) is 23.8. The number of methoxy groups -OCH3 is 1. The van der Waals surface area contributed by atoms with Crippen LogP contribution in [0.1, 0.15) is 38.8 Å². The Morgan fingerprint density at radius 3 is 2.50 bits per heavy atom. The fourth-order valence-electron chi connectivity index (χ4n) is 3.81. The second kappa shape index (κ2) is 8.57. The van der Waals surface area contributed by atoms with Crippen LogP contribution in [0, 0.1) is 11.6 Å². The van der Waals surface area contributed by atoms with E-state index in [1.165, 1.54) is 14.0 Å². The molecular formula is C22H26F2N2O5S. The maximum Gasteiger partial charge on any atom is 0.244 e. The minimum Gasteiger partial charge on any atom is -0.497 e. The van der Waals surface area contributed by atoms with E-state index in [4.69, 9.17) is 9.47 Å². The number of nitrogens with one attached hydrogen (secondary N) is 1. The highest BCUT2D eigenvalue weighted by Gasteiger charge is 2.37. The molecule has 0 saturated heterocycles. The molecule has 174 valence electrons. The van der Waals surface area contributed by atoms with E-state index >= 15 is 0 Å². The lowest BCUT2D eigenvalue weighted by molar-refractivity contribution is -0.123. The first-order chi connectivity index (χ1) is 14.8. The summed E-state index contributed by atoms with van der Waals surface area (Å²) in [6, 6.07) is 6.22. The van der Waals surface area contributed by atoms with Gasteiger partial charge >= 0.3 is 0 Å². The number of carbonyl (C=O) groups is 1. The van der Waals surface area contributed by atoms with Gasteiger partial charge in [-0.3, -0.25) is 9.10 Å². The topological polar surface area (TPSA) is 84.9 Å². The van der Waals surface area contributed by atoms with Gasteiger partial charge in [-0.15, -0.1) is 0 Å². The van der Waals surface area contributed by atoms with Crippen LogP contribution in [0.15, 0.2) is 36.4 Å². The van der Waals surface area contributed by atoms with Crippen molar-refractivity contribution in [1.82, 2.24) is 5.32 Å². The number of sulfonamides is 1. The van der Waals surface area contributed by atoms with Crippen LogP contribution in [0.2, 0.25) is 0 Å². The molecule has 0 aromatic heterocycles. The molecule has 0 saturated carbocycles. The lowest BCUT2D eigenvalue weighted by atomic mass is 9.89. The summed E-state index contributed by atoms with van der Waals surface area (Å²) in [5.41, 5.74) is -0.0364. The normalized spacial score (nSPS) is 18.2. The third-order valence-electron chi connectivity index (χ3n) is 5.24. The van der Waals surface area contributed by atoms with Crippen molar-refractivity contribution in [3.05, 3.63) is 53.6 Å². The standard InChI is InChI=1S/C22H26F2N2O5S/c1-13(26(32(5,28)29)14-6-8-17(23)18(24)10-14)21(27)25-19-12-22(2,3)31-20-9-7-15(30-4)11-16(19)20/h6-11,13,19H,12H2,1-5H3,(H,25,27)/t13-,19-/m1/s1. The van der Waals surface area contributed by atoms with Crippen LogP contribution < -0.4 is 19.1 Å². The predicted molar refractivity (Wildman–Crippen MR) is 116 cm³/mol. The van der Waals surface area contributed by atoms with Crippen molar-refractivity contribution in [2.45, 2.75) is 44.9 Å². The van der Waals surface area contributed by atoms with Gasteiger partial charge < -0.3 is 14.8 Å². The van der Waals surface area contributed by atoms with Crippen molar-refractivity contribution < 1.29 is 31.5 Å². The monoisotopic (exact) mass is 468 g/mol. The molecule has 32 heavy (non-hydrogen) atoms. The van der Waals surface area contributed by atoms with E-state index in [0.717, 1.165) is 28.8 Å². The first-order valence-electron chi connectivity index (χ1n) is 9.94. The molecule has 1 N–H and O–H groups in total. The Morgan fingerprint density at radius 1 is 1.22 bits per heavy atom. The number of hydrogen-bond acceptors (Lipinski definition) is 5. The molecule has 0 aliphatic carbocycles. The van der Waals surface area contributed by atoms with Crippen LogP contribution in [-0.2, 0) is 14.8 Å². The molecule has 0 unspecified atom stereocenters. The Balaban J connectivity index is 1.93. The van der Waals surface area contributed by atoms with E-state index in [2.05, 4.69) is 5.32 Å². The smallest absolute Gasteiger partial charge is 0.244 e. The van der Waals surface area contributed by atoms with Crippen molar-refractivity contribution in [2.75, 3.05) is 17.7 Å². The number of carbonyl (C=O) groups excluding carboxylic acids is 1. The summed E-state index contributed by atoms with van der Waals surface area (Å²) in [6.45, 7) is 5.15. The molecule has 3 rings (SSSR count). The molecule has 1 amide bonds. The van der Waals surface area contributed by atoms with Gasteiger partial charge in [0.25, 0.3) is 0 Å². The van der Waals surface area contributed by atoms with Crippen LogP contribution in [0.4, 0.5) is 14.5 Å². The maximum absolute atomic E-state index is 13.8. The molecule has 2 aromatic rings. The summed E-state index contributed by atoms with van der Waals surface area (Å²) >= 11 is 0. The van der Waals surface area contributed by atoms with E-state index in [1.54, 1.807) is 18.2 Å². The van der Waals surface area contributed by atoms with Crippen molar-refractivity contribution in [1.29, 1.82) is 0 Å². The molecule has 10 heteroatoms. The number of fused-ring (bicyclic) bond motifs is 1. The van der Waals surface area contributed by atoms with Crippen molar-refractivity contribution >= 4 is 21.6 Å². The summed E-state index contributed by atoms with van der Waals surface area (Å²) in [5, 5.41) is 2.88. The fourth-order valence-corrected chi connectivity index (χ4v) is 4.98. The average Bonchev–Trinajstić information content (AvgIpc) is 2.68. The summed E-state index contributed by atoms with van der Waals surface area (Å²) in [4.78, 5) is 13.1. The van der Waals surface area contributed by atoms with E-state index in [1.807, 2.05) is 13.8 Å². The Morgan fingerprint density at radius 2 is 1.91 bits per heavy atom. The number of halogens is 2. The fraction of sp³-hybridized carbons (Fsp3) is 0.409. The third kappa shape index (κ3) is 4.95. The van der Waals surface area contributed by atoms with E-state index in [0.29, 0.717) is 23.5 Å². The van der Waals surface area contributed by atoms with E-state index in [9.17, 15) is 22.0 Å². The minimum absolute atomic E-state index is 0.150. The highest BCUT2D eigenvalue weighted by atomic mass is 32.2. The predicted octanol–water partition coefficient (Wildman–Crippen LogP) is 3.55. The van der Waals surface area contributed by atoms with Gasteiger partial charge in [-0.1, -0.05) is 0 Å². The van der Waals surface area contributed by atoms with E-state index < -0.39 is 45.2 Å². The number of ether oxygens (including phenoxy) is 2. The molecule has 2 aromatic carbocycles. The second-order valence-corrected chi connectivity index (χ2v) is 10.2. The largest absolute Gasteiger partial charge is 0.497 e. The number of rotatable bonds is 6. The van der Waals surface area contributed by atoms with Gasteiger partial charge in [0.15, 0.2) is 11.6 Å². The quantitative estimate of drug-likeness (QED) is 0.701. The van der Waals surface area contributed by atoms with E-state index in [-0.39, 0.29) is 5.69 Å². The van der Waals surface area contributed by atoms with Gasteiger partial charge in [0.1, 0.15) is 23.1 Å². The summed E-state index contributed by atoms with van der Waals surface area (Å²) in [5.74, 6) is -1.76. The van der Waals surface area contributed by atoms with Crippen molar-refractivity contribution in [3.63, 3.8) is 0 Å². The highest BCUT2D eigenvalue weighted by molar-refractivity contribution is 7.92. The first-order valence-corrected chi connectivity index (χ1v) is 11.8. The number of nitrogens with zero attached hydrogens (tertiary/aromatic N) is 1. The SMILES string of the molecule is COc1ccc2c(c1)[C@H](NC(=O)[C@@H](C)N(c1ccc(F)c(F)c1)S(C)(=O)=O)CC(C)(C)O2. The number of benzene rings is 2. The van der Waals surface area contributed by atoms with Crippen molar-refractivity contribution in [3.8, 4) is 11.5 Å². The highest BCUT2D eigenvalue weighted by Crippen LogP contribution is 2.41. The summed E-state index contributed by atoms with van der Waals surface area (Å²) in [7, 11) is -2.46. The van der Waals surface area contributed by atoms with Gasteiger partial charge in [-0.2, -0.15) is 0 Å². The Kier molecular flexibility index (Phi) is 6.37. The lowest BCUT2D eigenvalue weighted by Gasteiger charge is -2.39. The number of anilines is 1. The molecule has 0 radical (unpaired) electrons. The molecule has 1 aliphatic heterocycles. The number of hydrogen-bond donors (Lipinski definition) is 1. The van der Waals surface area contributed by atoms with Crippen LogP contribution in [0.3, 0.4) is 0 Å². The van der Waals surface area contributed by atoms with Gasteiger partial charge in [-0.05, 0) is 51.1 Å². The second-order valence-electron chi connectivity index (χ2n) is 8.36.